The maximum atomic E-state index is 12.4. The second-order valence-electron chi connectivity index (χ2n) is 7.66. The molecule has 1 amide bonds. The van der Waals surface area contributed by atoms with Crippen LogP contribution in [0.1, 0.15) is 55.0 Å². The van der Waals surface area contributed by atoms with Crippen molar-refractivity contribution < 1.29 is 4.79 Å². The number of nitrogens with zero attached hydrogens (tertiary/aromatic N) is 3. The van der Waals surface area contributed by atoms with Crippen molar-refractivity contribution >= 4 is 17.7 Å². The highest BCUT2D eigenvalue weighted by Gasteiger charge is 2.30. The lowest BCUT2D eigenvalue weighted by atomic mass is 9.88. The van der Waals surface area contributed by atoms with Gasteiger partial charge in [-0.1, -0.05) is 72.4 Å². The summed E-state index contributed by atoms with van der Waals surface area (Å²) in [6.07, 6.45) is 3.27. The van der Waals surface area contributed by atoms with E-state index >= 15 is 0 Å². The Hall–Kier alpha value is -2.60. The first-order valence-corrected chi connectivity index (χ1v) is 11.7. The maximum absolute atomic E-state index is 12.4. The molecule has 1 heterocycles. The van der Waals surface area contributed by atoms with Gasteiger partial charge in [-0.25, -0.2) is 0 Å². The summed E-state index contributed by atoms with van der Waals surface area (Å²) >= 11 is 1.47. The number of nitrogens with one attached hydrogen (secondary N) is 1. The van der Waals surface area contributed by atoms with Crippen molar-refractivity contribution in [2.45, 2.75) is 49.7 Å². The molecule has 5 nitrogen and oxygen atoms in total. The Bertz CT molecular complexity index is 914. The molecular formula is C24H28N4OS. The molecule has 3 aromatic rings. The molecular weight excluding hydrogens is 392 g/mol. The van der Waals surface area contributed by atoms with E-state index in [2.05, 4.69) is 75.5 Å². The molecule has 0 bridgehead atoms. The predicted octanol–water partition coefficient (Wildman–Crippen LogP) is 4.61. The average Bonchev–Trinajstić information content (AvgIpc) is 3.56. The van der Waals surface area contributed by atoms with Gasteiger partial charge in [0.05, 0.1) is 5.75 Å². The monoisotopic (exact) mass is 420 g/mol. The number of carbonyl (C=O) groups excluding carboxylic acids is 1. The van der Waals surface area contributed by atoms with Crippen LogP contribution in [0.5, 0.6) is 0 Å². The Balaban J connectivity index is 1.31. The second-order valence-corrected chi connectivity index (χ2v) is 8.60. The molecule has 1 fully saturated rings. The Morgan fingerprint density at radius 1 is 1.07 bits per heavy atom. The first-order valence-electron chi connectivity index (χ1n) is 10.7. The van der Waals surface area contributed by atoms with Gasteiger partial charge >= 0.3 is 0 Å². The number of carbonyl (C=O) groups is 1. The van der Waals surface area contributed by atoms with Crippen LogP contribution in [0.4, 0.5) is 0 Å². The molecule has 0 aliphatic heterocycles. The van der Waals surface area contributed by atoms with E-state index in [-0.39, 0.29) is 11.8 Å². The van der Waals surface area contributed by atoms with E-state index in [4.69, 9.17) is 0 Å². The van der Waals surface area contributed by atoms with Crippen LogP contribution in [-0.4, -0.2) is 33.0 Å². The molecule has 4 rings (SSSR count). The van der Waals surface area contributed by atoms with E-state index in [9.17, 15) is 4.79 Å². The van der Waals surface area contributed by atoms with Crippen LogP contribution < -0.4 is 5.32 Å². The van der Waals surface area contributed by atoms with Crippen molar-refractivity contribution in [3.63, 3.8) is 0 Å². The molecule has 0 atom stereocenters. The molecule has 1 aliphatic rings. The fraction of sp³-hybridized carbons (Fsp3) is 0.375. The molecule has 156 valence electrons. The van der Waals surface area contributed by atoms with Gasteiger partial charge in [0.25, 0.3) is 0 Å². The third-order valence-electron chi connectivity index (χ3n) is 5.50. The van der Waals surface area contributed by atoms with Gasteiger partial charge in [0.15, 0.2) is 5.16 Å². The number of amides is 1. The first kappa shape index (κ1) is 20.7. The Morgan fingerprint density at radius 2 is 1.70 bits per heavy atom. The number of thioether (sulfide) groups is 1. The number of benzene rings is 2. The van der Waals surface area contributed by atoms with Crippen LogP contribution in [0.3, 0.4) is 0 Å². The van der Waals surface area contributed by atoms with E-state index in [0.717, 1.165) is 23.9 Å². The lowest BCUT2D eigenvalue weighted by Gasteiger charge is -2.18. The van der Waals surface area contributed by atoms with Gasteiger partial charge in [0.2, 0.25) is 5.91 Å². The summed E-state index contributed by atoms with van der Waals surface area (Å²) in [7, 11) is 0. The minimum atomic E-state index is 0.0403. The van der Waals surface area contributed by atoms with Crippen molar-refractivity contribution in [1.82, 2.24) is 20.1 Å². The summed E-state index contributed by atoms with van der Waals surface area (Å²) in [5.74, 6) is 2.31. The molecule has 1 N–H and O–H groups in total. The molecule has 0 unspecified atom stereocenters. The quantitative estimate of drug-likeness (QED) is 0.487. The van der Waals surface area contributed by atoms with E-state index in [1.807, 2.05) is 12.1 Å². The standard InChI is InChI=1S/C24H28N4OS/c1-2-28-23(20-13-14-20)26-27-24(28)30-17-22(29)25-16-15-21(18-9-5-3-6-10-18)19-11-7-4-8-12-19/h3-12,20-21H,2,13-17H2,1H3,(H,25,29). The van der Waals surface area contributed by atoms with Gasteiger partial charge in [-0.05, 0) is 37.3 Å². The van der Waals surface area contributed by atoms with Gasteiger partial charge in [0, 0.05) is 24.9 Å². The van der Waals surface area contributed by atoms with Crippen molar-refractivity contribution in [2.75, 3.05) is 12.3 Å². The molecule has 1 saturated carbocycles. The summed E-state index contributed by atoms with van der Waals surface area (Å²) < 4.78 is 2.15. The van der Waals surface area contributed by atoms with Crippen molar-refractivity contribution in [2.24, 2.45) is 0 Å². The molecule has 0 spiro atoms. The van der Waals surface area contributed by atoms with Crippen LogP contribution in [-0.2, 0) is 11.3 Å². The highest BCUT2D eigenvalue weighted by atomic mass is 32.2. The normalized spacial score (nSPS) is 13.5. The number of aromatic nitrogens is 3. The average molecular weight is 421 g/mol. The SMILES string of the molecule is CCn1c(SCC(=O)NCCC(c2ccccc2)c2ccccc2)nnc1C1CC1. The third kappa shape index (κ3) is 5.11. The van der Waals surface area contributed by atoms with E-state index < -0.39 is 0 Å². The third-order valence-corrected chi connectivity index (χ3v) is 6.46. The predicted molar refractivity (Wildman–Crippen MR) is 121 cm³/mol. The molecule has 0 radical (unpaired) electrons. The number of hydrogen-bond acceptors (Lipinski definition) is 4. The Morgan fingerprint density at radius 3 is 2.27 bits per heavy atom. The van der Waals surface area contributed by atoms with Crippen molar-refractivity contribution in [3.05, 3.63) is 77.6 Å². The summed E-state index contributed by atoms with van der Waals surface area (Å²) in [6.45, 7) is 3.59. The van der Waals surface area contributed by atoms with E-state index in [0.29, 0.717) is 18.2 Å². The summed E-state index contributed by atoms with van der Waals surface area (Å²) in [5.41, 5.74) is 2.55. The first-order chi connectivity index (χ1) is 14.8. The zero-order chi connectivity index (χ0) is 20.8. The minimum absolute atomic E-state index is 0.0403. The molecule has 0 saturated heterocycles. The van der Waals surface area contributed by atoms with Crippen molar-refractivity contribution in [1.29, 1.82) is 0 Å². The van der Waals surface area contributed by atoms with Gasteiger partial charge in [-0.3, -0.25) is 4.79 Å². The molecule has 6 heteroatoms. The summed E-state index contributed by atoms with van der Waals surface area (Å²) in [6, 6.07) is 21.0. The van der Waals surface area contributed by atoms with Gasteiger partial charge in [0.1, 0.15) is 5.82 Å². The van der Waals surface area contributed by atoms with Crippen molar-refractivity contribution in [3.8, 4) is 0 Å². The maximum Gasteiger partial charge on any atom is 0.230 e. The molecule has 1 aromatic heterocycles. The van der Waals surface area contributed by atoms with Crippen LogP contribution in [0.15, 0.2) is 65.8 Å². The lowest BCUT2D eigenvalue weighted by Crippen LogP contribution is -2.27. The minimum Gasteiger partial charge on any atom is -0.355 e. The summed E-state index contributed by atoms with van der Waals surface area (Å²) in [5, 5.41) is 12.6. The second kappa shape index (κ2) is 9.94. The van der Waals surface area contributed by atoms with Crippen LogP contribution >= 0.6 is 11.8 Å². The van der Waals surface area contributed by atoms with Crippen LogP contribution in [0.2, 0.25) is 0 Å². The van der Waals surface area contributed by atoms with Gasteiger partial charge in [-0.2, -0.15) is 0 Å². The van der Waals surface area contributed by atoms with Crippen LogP contribution in [0, 0.1) is 0 Å². The van der Waals surface area contributed by atoms with Crippen LogP contribution in [0.25, 0.3) is 0 Å². The lowest BCUT2D eigenvalue weighted by molar-refractivity contribution is -0.118. The zero-order valence-electron chi connectivity index (χ0n) is 17.3. The highest BCUT2D eigenvalue weighted by Crippen LogP contribution is 2.40. The largest absolute Gasteiger partial charge is 0.355 e. The fourth-order valence-electron chi connectivity index (χ4n) is 3.78. The Labute approximate surface area is 182 Å². The smallest absolute Gasteiger partial charge is 0.230 e. The molecule has 1 aliphatic carbocycles. The van der Waals surface area contributed by atoms with E-state index in [1.165, 1.54) is 35.7 Å². The number of rotatable bonds is 10. The topological polar surface area (TPSA) is 59.8 Å². The van der Waals surface area contributed by atoms with Gasteiger partial charge in [-0.15, -0.1) is 10.2 Å². The molecule has 2 aromatic carbocycles. The highest BCUT2D eigenvalue weighted by molar-refractivity contribution is 7.99. The van der Waals surface area contributed by atoms with E-state index in [1.54, 1.807) is 0 Å². The Kier molecular flexibility index (Phi) is 6.84. The van der Waals surface area contributed by atoms with Gasteiger partial charge < -0.3 is 9.88 Å². The summed E-state index contributed by atoms with van der Waals surface area (Å²) in [4.78, 5) is 12.4. The number of hydrogen-bond donors (Lipinski definition) is 1. The molecule has 30 heavy (non-hydrogen) atoms. The fourth-order valence-corrected chi connectivity index (χ4v) is 4.62. The zero-order valence-corrected chi connectivity index (χ0v) is 18.1.